The molecule has 0 spiro atoms. The van der Waals surface area contributed by atoms with Crippen molar-refractivity contribution < 1.29 is 0 Å². The monoisotopic (exact) mass is 236 g/mol. The van der Waals surface area contributed by atoms with Gasteiger partial charge in [-0.05, 0) is 89.0 Å². The molecule has 3 rings (SSSR count). The lowest BCUT2D eigenvalue weighted by atomic mass is 9.88. The second kappa shape index (κ2) is 5.27. The van der Waals surface area contributed by atoms with Gasteiger partial charge in [-0.25, -0.2) is 0 Å². The molecule has 0 radical (unpaired) electrons. The molecule has 0 aromatic heterocycles. The fraction of sp³-hybridized carbons (Fsp3) is 1.00. The molecule has 3 unspecified atom stereocenters. The Morgan fingerprint density at radius 1 is 1.00 bits per heavy atom. The van der Waals surface area contributed by atoms with Crippen LogP contribution >= 0.6 is 0 Å². The van der Waals surface area contributed by atoms with Crippen molar-refractivity contribution in [1.82, 2.24) is 10.2 Å². The Labute approximate surface area is 106 Å². The van der Waals surface area contributed by atoms with Crippen LogP contribution in [0, 0.1) is 23.7 Å². The first-order valence-corrected chi connectivity index (χ1v) is 7.70. The molecule has 0 aromatic rings. The standard InChI is InChI=1S/C15H28N2/c1-17-6-4-12(5-7-17)10-16-11-15-9-13-2-3-14(15)8-13/h12-16H,2-11H2,1H3. The Morgan fingerprint density at radius 3 is 2.47 bits per heavy atom. The van der Waals surface area contributed by atoms with Crippen LogP contribution in [0.5, 0.6) is 0 Å². The van der Waals surface area contributed by atoms with Crippen molar-refractivity contribution in [2.24, 2.45) is 23.7 Å². The normalized spacial score (nSPS) is 39.0. The van der Waals surface area contributed by atoms with Gasteiger partial charge in [0.05, 0.1) is 0 Å². The number of fused-ring (bicyclic) bond motifs is 2. The van der Waals surface area contributed by atoms with E-state index in [-0.39, 0.29) is 0 Å². The van der Waals surface area contributed by atoms with E-state index in [1.807, 2.05) is 0 Å². The van der Waals surface area contributed by atoms with E-state index in [0.29, 0.717) is 0 Å². The molecule has 2 aliphatic carbocycles. The van der Waals surface area contributed by atoms with E-state index in [1.54, 1.807) is 6.42 Å². The molecule has 0 amide bonds. The van der Waals surface area contributed by atoms with Crippen LogP contribution in [0.3, 0.4) is 0 Å². The summed E-state index contributed by atoms with van der Waals surface area (Å²) in [6.45, 7) is 5.20. The topological polar surface area (TPSA) is 15.3 Å². The Morgan fingerprint density at radius 2 is 1.82 bits per heavy atom. The molecule has 1 N–H and O–H groups in total. The summed E-state index contributed by atoms with van der Waals surface area (Å²) < 4.78 is 0. The van der Waals surface area contributed by atoms with Gasteiger partial charge < -0.3 is 10.2 Å². The first kappa shape index (κ1) is 12.0. The maximum atomic E-state index is 3.78. The van der Waals surface area contributed by atoms with Crippen LogP contribution in [0.25, 0.3) is 0 Å². The molecular formula is C15H28N2. The molecule has 3 atom stereocenters. The van der Waals surface area contributed by atoms with Crippen LogP contribution in [0.4, 0.5) is 0 Å². The molecule has 1 saturated heterocycles. The summed E-state index contributed by atoms with van der Waals surface area (Å²) in [5.74, 6) is 4.17. The summed E-state index contributed by atoms with van der Waals surface area (Å²) in [6.07, 6.45) is 8.97. The summed E-state index contributed by atoms with van der Waals surface area (Å²) in [5.41, 5.74) is 0. The number of piperidine rings is 1. The minimum atomic E-state index is 0.949. The maximum Gasteiger partial charge on any atom is -0.00176 e. The maximum absolute atomic E-state index is 3.78. The zero-order chi connectivity index (χ0) is 11.7. The molecule has 17 heavy (non-hydrogen) atoms. The first-order chi connectivity index (χ1) is 8.31. The van der Waals surface area contributed by atoms with Crippen molar-refractivity contribution in [1.29, 1.82) is 0 Å². The second-order valence-electron chi connectivity index (χ2n) is 6.84. The molecule has 98 valence electrons. The number of likely N-dealkylation sites (tertiary alicyclic amines) is 1. The minimum absolute atomic E-state index is 0.949. The van der Waals surface area contributed by atoms with E-state index < -0.39 is 0 Å². The lowest BCUT2D eigenvalue weighted by molar-refractivity contribution is 0.211. The summed E-state index contributed by atoms with van der Waals surface area (Å²) >= 11 is 0. The Bertz CT molecular complexity index is 245. The fourth-order valence-corrected chi connectivity index (χ4v) is 4.37. The van der Waals surface area contributed by atoms with Crippen molar-refractivity contribution in [3.8, 4) is 0 Å². The quantitative estimate of drug-likeness (QED) is 0.806. The van der Waals surface area contributed by atoms with Gasteiger partial charge in [0.15, 0.2) is 0 Å². The number of rotatable bonds is 4. The molecule has 3 aliphatic rings. The average Bonchev–Trinajstić information content (AvgIpc) is 2.94. The number of hydrogen-bond donors (Lipinski definition) is 1. The Hall–Kier alpha value is -0.0800. The number of nitrogens with one attached hydrogen (secondary N) is 1. The zero-order valence-electron chi connectivity index (χ0n) is 11.3. The predicted octanol–water partition coefficient (Wildman–Crippen LogP) is 2.35. The largest absolute Gasteiger partial charge is 0.316 e. The number of nitrogens with zero attached hydrogens (tertiary/aromatic N) is 1. The zero-order valence-corrected chi connectivity index (χ0v) is 11.3. The number of hydrogen-bond acceptors (Lipinski definition) is 2. The molecule has 1 aliphatic heterocycles. The van der Waals surface area contributed by atoms with Crippen LogP contribution < -0.4 is 5.32 Å². The van der Waals surface area contributed by atoms with E-state index in [1.165, 1.54) is 58.3 Å². The van der Waals surface area contributed by atoms with Gasteiger partial charge in [-0.1, -0.05) is 6.42 Å². The van der Waals surface area contributed by atoms with Crippen LogP contribution in [-0.4, -0.2) is 38.1 Å². The predicted molar refractivity (Wildman–Crippen MR) is 72.0 cm³/mol. The molecule has 1 heterocycles. The van der Waals surface area contributed by atoms with E-state index in [4.69, 9.17) is 0 Å². The van der Waals surface area contributed by atoms with Crippen molar-refractivity contribution in [3.05, 3.63) is 0 Å². The van der Waals surface area contributed by atoms with Crippen LogP contribution in [0.2, 0.25) is 0 Å². The van der Waals surface area contributed by atoms with Crippen LogP contribution in [0.1, 0.15) is 38.5 Å². The lowest BCUT2D eigenvalue weighted by Gasteiger charge is -2.30. The molecule has 3 fully saturated rings. The summed E-state index contributed by atoms with van der Waals surface area (Å²) in [6, 6.07) is 0. The highest BCUT2D eigenvalue weighted by molar-refractivity contribution is 4.90. The Kier molecular flexibility index (Phi) is 3.72. The third-order valence-corrected chi connectivity index (χ3v) is 5.56. The molecular weight excluding hydrogens is 208 g/mol. The van der Waals surface area contributed by atoms with Crippen molar-refractivity contribution in [2.45, 2.75) is 38.5 Å². The SMILES string of the molecule is CN1CCC(CNCC2CC3CCC2C3)CC1. The van der Waals surface area contributed by atoms with Crippen LogP contribution in [-0.2, 0) is 0 Å². The van der Waals surface area contributed by atoms with Gasteiger partial charge in [-0.2, -0.15) is 0 Å². The van der Waals surface area contributed by atoms with Crippen molar-refractivity contribution in [3.63, 3.8) is 0 Å². The fourth-order valence-electron chi connectivity index (χ4n) is 4.37. The smallest absolute Gasteiger partial charge is 0.00176 e. The average molecular weight is 236 g/mol. The molecule has 2 heteroatoms. The van der Waals surface area contributed by atoms with Gasteiger partial charge in [0, 0.05) is 0 Å². The van der Waals surface area contributed by atoms with E-state index in [2.05, 4.69) is 17.3 Å². The highest BCUT2D eigenvalue weighted by Crippen LogP contribution is 2.47. The van der Waals surface area contributed by atoms with E-state index >= 15 is 0 Å². The highest BCUT2D eigenvalue weighted by atomic mass is 15.1. The van der Waals surface area contributed by atoms with Gasteiger partial charge >= 0.3 is 0 Å². The minimum Gasteiger partial charge on any atom is -0.316 e. The Balaban J connectivity index is 1.33. The van der Waals surface area contributed by atoms with Gasteiger partial charge in [-0.15, -0.1) is 0 Å². The van der Waals surface area contributed by atoms with E-state index in [0.717, 1.165) is 23.7 Å². The van der Waals surface area contributed by atoms with Gasteiger partial charge in [0.1, 0.15) is 0 Å². The summed E-state index contributed by atoms with van der Waals surface area (Å²) in [4.78, 5) is 2.46. The van der Waals surface area contributed by atoms with Crippen molar-refractivity contribution >= 4 is 0 Å². The second-order valence-corrected chi connectivity index (χ2v) is 6.84. The van der Waals surface area contributed by atoms with E-state index in [9.17, 15) is 0 Å². The molecule has 2 saturated carbocycles. The summed E-state index contributed by atoms with van der Waals surface area (Å²) in [5, 5.41) is 3.78. The van der Waals surface area contributed by atoms with Gasteiger partial charge in [0.2, 0.25) is 0 Å². The molecule has 2 bridgehead atoms. The van der Waals surface area contributed by atoms with Gasteiger partial charge in [0.25, 0.3) is 0 Å². The highest BCUT2D eigenvalue weighted by Gasteiger charge is 2.38. The molecule has 2 nitrogen and oxygen atoms in total. The van der Waals surface area contributed by atoms with Gasteiger partial charge in [-0.3, -0.25) is 0 Å². The third-order valence-electron chi connectivity index (χ3n) is 5.56. The lowest BCUT2D eigenvalue weighted by Crippen LogP contribution is -2.36. The third kappa shape index (κ3) is 2.85. The summed E-state index contributed by atoms with van der Waals surface area (Å²) in [7, 11) is 2.25. The molecule has 0 aromatic carbocycles. The van der Waals surface area contributed by atoms with Crippen molar-refractivity contribution in [2.75, 3.05) is 33.2 Å². The van der Waals surface area contributed by atoms with Crippen LogP contribution in [0.15, 0.2) is 0 Å². The first-order valence-electron chi connectivity index (χ1n) is 7.70.